The first-order chi connectivity index (χ1) is 6.82. The van der Waals surface area contributed by atoms with E-state index < -0.39 is 12.8 Å². The first kappa shape index (κ1) is 3.76. The van der Waals surface area contributed by atoms with Gasteiger partial charge in [-0.15, -0.1) is 0 Å². The summed E-state index contributed by atoms with van der Waals surface area (Å²) >= 11 is 0. The van der Waals surface area contributed by atoms with E-state index in [0.717, 1.165) is 0 Å². The minimum atomic E-state index is -2.83. The predicted molar refractivity (Wildman–Crippen MR) is 42.4 cm³/mol. The smallest absolute Gasteiger partial charge is 0.221 e. The van der Waals surface area contributed by atoms with Gasteiger partial charge >= 0.3 is 0 Å². The van der Waals surface area contributed by atoms with E-state index in [1.54, 1.807) is 0 Å². The van der Waals surface area contributed by atoms with Crippen LogP contribution in [-0.4, -0.2) is 11.0 Å². The fourth-order valence-electron chi connectivity index (χ4n) is 0.644. The van der Waals surface area contributed by atoms with Gasteiger partial charge in [0.1, 0.15) is 5.75 Å². The van der Waals surface area contributed by atoms with E-state index in [0.29, 0.717) is 0 Å². The highest BCUT2D eigenvalue weighted by atomic mass is 16.3. The number of rotatable bonds is 1. The molecule has 0 saturated heterocycles. The molecule has 0 atom stereocenters. The number of carbonyl (C=O) groups excluding carboxylic acids is 1. The topological polar surface area (TPSA) is 49.3 Å². The maximum absolute atomic E-state index is 11.2. The molecule has 0 fully saturated rings. The maximum Gasteiger partial charge on any atom is 0.221 e. The van der Waals surface area contributed by atoms with Crippen LogP contribution in [0, 0.1) is 0 Å². The van der Waals surface area contributed by atoms with Gasteiger partial charge in [-0.05, 0) is 24.3 Å². The van der Waals surface area contributed by atoms with Gasteiger partial charge in [-0.3, -0.25) is 4.79 Å². The summed E-state index contributed by atoms with van der Waals surface area (Å²) < 4.78 is 27.8. The van der Waals surface area contributed by atoms with Gasteiger partial charge in [-0.2, -0.15) is 0 Å². The first-order valence-corrected chi connectivity index (χ1v) is 2.95. The van der Waals surface area contributed by atoms with Gasteiger partial charge in [0.05, 0.1) is 0 Å². The average Bonchev–Trinajstić information content (AvgIpc) is 2.15. The summed E-state index contributed by atoms with van der Waals surface area (Å²) in [5.74, 6) is -1.30. The van der Waals surface area contributed by atoms with Gasteiger partial charge in [0.25, 0.3) is 0 Å². The van der Waals surface area contributed by atoms with E-state index in [2.05, 4.69) is 0 Å². The molecule has 0 spiro atoms. The normalized spacial score (nSPS) is 15.6. The van der Waals surface area contributed by atoms with Gasteiger partial charge in [-0.25, -0.2) is 0 Å². The molecule has 2 N–H and O–H groups in total. The van der Waals surface area contributed by atoms with Crippen LogP contribution in [0.4, 0.5) is 5.69 Å². The van der Waals surface area contributed by atoms with Crippen molar-refractivity contribution in [3.63, 3.8) is 0 Å². The summed E-state index contributed by atoms with van der Waals surface area (Å²) in [7, 11) is 0. The van der Waals surface area contributed by atoms with Crippen LogP contribution in [0.3, 0.4) is 0 Å². The molecule has 0 aliphatic heterocycles. The summed E-state index contributed by atoms with van der Waals surface area (Å²) in [6.45, 7) is -2.83. The van der Waals surface area contributed by atoms with Crippen molar-refractivity contribution < 1.29 is 15.4 Å². The molecule has 0 aliphatic carbocycles. The third-order valence-electron chi connectivity index (χ3n) is 1.08. The third-order valence-corrected chi connectivity index (χ3v) is 1.08. The summed E-state index contributed by atoms with van der Waals surface area (Å²) in [6.07, 6.45) is 0. The van der Waals surface area contributed by atoms with Crippen LogP contribution in [0.5, 0.6) is 5.75 Å². The zero-order valence-corrected chi connectivity index (χ0v) is 5.61. The monoisotopic (exact) mass is 155 g/mol. The Labute approximate surface area is 70.3 Å². The molecule has 3 heteroatoms. The van der Waals surface area contributed by atoms with Crippen molar-refractivity contribution >= 4 is 11.6 Å². The minimum absolute atomic E-state index is 0.0199. The number of anilines is 1. The van der Waals surface area contributed by atoms with Gasteiger partial charge in [0.15, 0.2) is 1.41 Å². The number of benzene rings is 1. The van der Waals surface area contributed by atoms with E-state index in [1.807, 2.05) is 0 Å². The lowest BCUT2D eigenvalue weighted by atomic mass is 10.3. The van der Waals surface area contributed by atoms with Gasteiger partial charge in [-0.1, -0.05) is 0 Å². The van der Waals surface area contributed by atoms with Crippen LogP contribution in [0.15, 0.2) is 24.3 Å². The molecule has 1 aromatic rings. The SMILES string of the molecule is [2H]N(C(=O)C([2H])([2H])[2H])c1ccc(O)cc1. The van der Waals surface area contributed by atoms with Crippen molar-refractivity contribution in [2.75, 3.05) is 5.31 Å². The van der Waals surface area contributed by atoms with Gasteiger partial charge in [0, 0.05) is 16.7 Å². The zero-order chi connectivity index (χ0) is 11.6. The van der Waals surface area contributed by atoms with Crippen molar-refractivity contribution in [2.45, 2.75) is 6.85 Å². The number of nitrogens with one attached hydrogen (secondary N) is 1. The highest BCUT2D eigenvalue weighted by Gasteiger charge is 1.93. The second-order valence-electron chi connectivity index (χ2n) is 1.93. The number of phenolic OH excluding ortho intramolecular Hbond substituents is 1. The van der Waals surface area contributed by atoms with Crippen LogP contribution in [0.25, 0.3) is 0 Å². The Hall–Kier alpha value is -1.51. The summed E-state index contributed by atoms with van der Waals surface area (Å²) in [6, 6.07) is 5.10. The standard InChI is InChI=1S/C8H9NO2/c1-6(10)9-7-2-4-8(11)5-3-7/h2-5,11H,1H3,(H,9,10)/i1D3/hD. The lowest BCUT2D eigenvalue weighted by molar-refractivity contribution is -0.114. The lowest BCUT2D eigenvalue weighted by Crippen LogP contribution is -2.04. The molecular formula is C8H9NO2. The van der Waals surface area contributed by atoms with Crippen molar-refractivity contribution in [2.24, 2.45) is 0 Å². The fourth-order valence-corrected chi connectivity index (χ4v) is 0.644. The molecule has 0 aromatic heterocycles. The Morgan fingerprint density at radius 1 is 1.64 bits per heavy atom. The average molecular weight is 155 g/mol. The molecule has 0 radical (unpaired) electrons. The van der Waals surface area contributed by atoms with Crippen LogP contribution >= 0.6 is 0 Å². The Kier molecular flexibility index (Phi) is 1.04. The van der Waals surface area contributed by atoms with E-state index >= 15 is 0 Å². The second kappa shape index (κ2) is 3.05. The molecule has 11 heavy (non-hydrogen) atoms. The Bertz CT molecular complexity index is 360. The Balaban J connectivity index is 2.90. The van der Waals surface area contributed by atoms with Gasteiger partial charge < -0.3 is 10.4 Å². The van der Waals surface area contributed by atoms with Crippen molar-refractivity contribution in [1.82, 2.24) is 0 Å². The highest BCUT2D eigenvalue weighted by molar-refractivity contribution is 5.88. The minimum Gasteiger partial charge on any atom is -0.508 e. The van der Waals surface area contributed by atoms with E-state index in [-0.39, 0.29) is 16.7 Å². The number of carbonyl (C=O) groups is 1. The van der Waals surface area contributed by atoms with Crippen molar-refractivity contribution in [3.8, 4) is 5.75 Å². The quantitative estimate of drug-likeness (QED) is 0.601. The van der Waals surface area contributed by atoms with Crippen LogP contribution in [-0.2, 0) is 4.79 Å². The fraction of sp³-hybridized carbons (Fsp3) is 0.125. The number of hydrogen-bond donors (Lipinski definition) is 2. The van der Waals surface area contributed by atoms with Crippen LogP contribution < -0.4 is 5.31 Å². The molecule has 1 rings (SSSR count). The molecule has 0 saturated carbocycles. The summed E-state index contributed by atoms with van der Waals surface area (Å²) in [5, 5.41) is 9.25. The molecule has 0 aliphatic rings. The van der Waals surface area contributed by atoms with Gasteiger partial charge in [0.2, 0.25) is 5.91 Å². The molecule has 0 unspecified atom stereocenters. The number of aromatic hydroxyl groups is 1. The number of phenols is 1. The molecule has 3 nitrogen and oxygen atoms in total. The summed E-state index contributed by atoms with van der Waals surface area (Å²) in [5.41, 5.74) is 0.0916. The Morgan fingerprint density at radius 3 is 2.82 bits per heavy atom. The molecule has 0 heterocycles. The third kappa shape index (κ3) is 2.29. The highest BCUT2D eigenvalue weighted by Crippen LogP contribution is 2.13. The zero-order valence-electron chi connectivity index (χ0n) is 9.61. The molecule has 58 valence electrons. The van der Waals surface area contributed by atoms with Crippen molar-refractivity contribution in [1.29, 1.82) is 0 Å². The number of amides is 1. The van der Waals surface area contributed by atoms with E-state index in [1.165, 1.54) is 24.3 Å². The van der Waals surface area contributed by atoms with Crippen LogP contribution in [0.2, 0.25) is 1.41 Å². The van der Waals surface area contributed by atoms with Crippen LogP contribution in [0.1, 0.15) is 11.0 Å². The molecule has 1 amide bonds. The summed E-state index contributed by atoms with van der Waals surface area (Å²) in [4.78, 5) is 11.2. The first-order valence-electron chi connectivity index (χ1n) is 4.89. The molecule has 0 bridgehead atoms. The molecule has 1 aromatic carbocycles. The van der Waals surface area contributed by atoms with E-state index in [4.69, 9.17) is 10.6 Å². The lowest BCUT2D eigenvalue weighted by Gasteiger charge is -1.99. The maximum atomic E-state index is 11.2. The molecular weight excluding hydrogens is 142 g/mol. The second-order valence-corrected chi connectivity index (χ2v) is 1.93. The predicted octanol–water partition coefficient (Wildman–Crippen LogP) is 1.35. The Morgan fingerprint density at radius 2 is 2.27 bits per heavy atom. The largest absolute Gasteiger partial charge is 0.508 e. The number of hydrogen-bond acceptors (Lipinski definition) is 2. The van der Waals surface area contributed by atoms with E-state index in [9.17, 15) is 4.79 Å². The van der Waals surface area contributed by atoms with Crippen molar-refractivity contribution in [3.05, 3.63) is 24.3 Å².